The van der Waals surface area contributed by atoms with E-state index in [1.807, 2.05) is 11.9 Å². The van der Waals surface area contributed by atoms with E-state index >= 15 is 0 Å². The fraction of sp³-hybridized carbons (Fsp3) is 0.923. The molecule has 1 saturated heterocycles. The predicted molar refractivity (Wildman–Crippen MR) is 82.7 cm³/mol. The van der Waals surface area contributed by atoms with Crippen molar-refractivity contribution in [3.8, 4) is 0 Å². The number of rotatable bonds is 6. The van der Waals surface area contributed by atoms with Crippen molar-refractivity contribution < 1.29 is 4.79 Å². The minimum atomic E-state index is 0. The van der Waals surface area contributed by atoms with Gasteiger partial charge in [0.25, 0.3) is 0 Å². The van der Waals surface area contributed by atoms with Crippen LogP contribution in [0.2, 0.25) is 0 Å². The van der Waals surface area contributed by atoms with Crippen LogP contribution in [0.15, 0.2) is 0 Å². The summed E-state index contributed by atoms with van der Waals surface area (Å²) >= 11 is 1.78. The Bertz CT molecular complexity index is 233. The van der Waals surface area contributed by atoms with Crippen molar-refractivity contribution in [2.75, 3.05) is 31.6 Å². The minimum Gasteiger partial charge on any atom is -0.342 e. The summed E-state index contributed by atoms with van der Waals surface area (Å²) in [4.78, 5) is 13.9. The first-order valence-corrected chi connectivity index (χ1v) is 7.81. The first-order chi connectivity index (χ1) is 8.11. The van der Waals surface area contributed by atoms with E-state index in [9.17, 15) is 4.79 Å². The summed E-state index contributed by atoms with van der Waals surface area (Å²) in [7, 11) is 1.96. The molecule has 0 aromatic rings. The number of nitrogens with zero attached hydrogens (tertiary/aromatic N) is 1. The van der Waals surface area contributed by atoms with Gasteiger partial charge in [0.2, 0.25) is 5.91 Å². The highest BCUT2D eigenvalue weighted by molar-refractivity contribution is 7.99. The number of amides is 1. The van der Waals surface area contributed by atoms with Crippen molar-refractivity contribution >= 4 is 30.1 Å². The number of carbonyl (C=O) groups is 1. The molecule has 1 fully saturated rings. The van der Waals surface area contributed by atoms with Gasteiger partial charge in [0.15, 0.2) is 0 Å². The van der Waals surface area contributed by atoms with E-state index in [1.54, 1.807) is 11.8 Å². The second-order valence-electron chi connectivity index (χ2n) is 5.22. The highest BCUT2D eigenvalue weighted by Crippen LogP contribution is 2.13. The maximum absolute atomic E-state index is 12.0. The van der Waals surface area contributed by atoms with Crippen molar-refractivity contribution in [3.63, 3.8) is 0 Å². The topological polar surface area (TPSA) is 32.3 Å². The smallest absolute Gasteiger partial charge is 0.232 e. The zero-order valence-corrected chi connectivity index (χ0v) is 13.4. The first kappa shape index (κ1) is 18.1. The van der Waals surface area contributed by atoms with E-state index in [0.29, 0.717) is 17.7 Å². The van der Waals surface area contributed by atoms with Gasteiger partial charge >= 0.3 is 0 Å². The molecule has 0 unspecified atom stereocenters. The standard InChI is InChI=1S/C13H26N2OS.ClH/c1-11(2)6-9-17-10-13(16)15(3)12-4-7-14-8-5-12;/h11-12,14H,4-10H2,1-3H3;1H. The van der Waals surface area contributed by atoms with Crippen LogP contribution in [0.25, 0.3) is 0 Å². The Morgan fingerprint density at radius 1 is 1.39 bits per heavy atom. The molecule has 1 aliphatic rings. The van der Waals surface area contributed by atoms with Crippen molar-refractivity contribution in [2.24, 2.45) is 5.92 Å². The molecule has 0 saturated carbocycles. The highest BCUT2D eigenvalue weighted by Gasteiger charge is 2.21. The van der Waals surface area contributed by atoms with Crippen LogP contribution >= 0.6 is 24.2 Å². The molecular formula is C13H27ClN2OS. The van der Waals surface area contributed by atoms with E-state index < -0.39 is 0 Å². The van der Waals surface area contributed by atoms with Crippen molar-refractivity contribution in [1.29, 1.82) is 0 Å². The molecule has 0 bridgehead atoms. The zero-order chi connectivity index (χ0) is 12.7. The number of thioether (sulfide) groups is 1. The molecule has 3 nitrogen and oxygen atoms in total. The second kappa shape index (κ2) is 9.93. The number of nitrogens with one attached hydrogen (secondary N) is 1. The maximum atomic E-state index is 12.0. The summed E-state index contributed by atoms with van der Waals surface area (Å²) in [5.74, 6) is 2.78. The van der Waals surface area contributed by atoms with Crippen molar-refractivity contribution in [2.45, 2.75) is 39.2 Å². The first-order valence-electron chi connectivity index (χ1n) is 6.65. The fourth-order valence-corrected chi connectivity index (χ4v) is 3.14. The molecule has 0 spiro atoms. The molecule has 0 aromatic carbocycles. The molecule has 1 heterocycles. The van der Waals surface area contributed by atoms with E-state index in [2.05, 4.69) is 19.2 Å². The van der Waals surface area contributed by atoms with E-state index in [1.165, 1.54) is 6.42 Å². The number of halogens is 1. The van der Waals surface area contributed by atoms with Gasteiger partial charge < -0.3 is 10.2 Å². The third kappa shape index (κ3) is 6.86. The monoisotopic (exact) mass is 294 g/mol. The summed E-state index contributed by atoms with van der Waals surface area (Å²) in [5, 5.41) is 3.33. The van der Waals surface area contributed by atoms with Gasteiger partial charge in [-0.15, -0.1) is 12.4 Å². The Hall–Kier alpha value is 0.0700. The van der Waals surface area contributed by atoms with Gasteiger partial charge in [-0.3, -0.25) is 4.79 Å². The summed E-state index contributed by atoms with van der Waals surface area (Å²) in [6.07, 6.45) is 3.40. The molecule has 1 rings (SSSR count). The van der Waals surface area contributed by atoms with Gasteiger partial charge in [-0.05, 0) is 44.0 Å². The Balaban J connectivity index is 0.00000289. The molecule has 0 atom stereocenters. The van der Waals surface area contributed by atoms with Gasteiger partial charge in [0, 0.05) is 13.1 Å². The Morgan fingerprint density at radius 3 is 2.56 bits per heavy atom. The Labute approximate surface area is 122 Å². The van der Waals surface area contributed by atoms with Crippen LogP contribution in [0.5, 0.6) is 0 Å². The molecule has 108 valence electrons. The summed E-state index contributed by atoms with van der Waals surface area (Å²) in [6, 6.07) is 0.453. The van der Waals surface area contributed by atoms with Crippen LogP contribution in [0.4, 0.5) is 0 Å². The quantitative estimate of drug-likeness (QED) is 0.764. The van der Waals surface area contributed by atoms with Crippen LogP contribution in [0.3, 0.4) is 0 Å². The van der Waals surface area contributed by atoms with Crippen molar-refractivity contribution in [3.05, 3.63) is 0 Å². The zero-order valence-electron chi connectivity index (χ0n) is 11.8. The molecule has 18 heavy (non-hydrogen) atoms. The highest BCUT2D eigenvalue weighted by atomic mass is 35.5. The lowest BCUT2D eigenvalue weighted by atomic mass is 10.1. The number of hydrogen-bond donors (Lipinski definition) is 1. The van der Waals surface area contributed by atoms with Gasteiger partial charge in [-0.2, -0.15) is 11.8 Å². The summed E-state index contributed by atoms with van der Waals surface area (Å²) in [6.45, 7) is 6.54. The molecule has 0 aromatic heterocycles. The van der Waals surface area contributed by atoms with Gasteiger partial charge in [0.1, 0.15) is 0 Å². The summed E-state index contributed by atoms with van der Waals surface area (Å²) in [5.41, 5.74) is 0. The number of carbonyl (C=O) groups excluding carboxylic acids is 1. The minimum absolute atomic E-state index is 0. The molecule has 0 radical (unpaired) electrons. The second-order valence-corrected chi connectivity index (χ2v) is 6.33. The molecular weight excluding hydrogens is 268 g/mol. The Morgan fingerprint density at radius 2 is 2.00 bits per heavy atom. The molecule has 0 aliphatic carbocycles. The predicted octanol–water partition coefficient (Wildman–Crippen LogP) is 2.40. The third-order valence-corrected chi connectivity index (χ3v) is 4.29. The average Bonchev–Trinajstić information content (AvgIpc) is 2.34. The third-order valence-electron chi connectivity index (χ3n) is 3.31. The van der Waals surface area contributed by atoms with Crippen LogP contribution in [-0.4, -0.2) is 48.5 Å². The lowest BCUT2D eigenvalue weighted by Crippen LogP contribution is -2.44. The van der Waals surface area contributed by atoms with Crippen molar-refractivity contribution in [1.82, 2.24) is 10.2 Å². The largest absolute Gasteiger partial charge is 0.342 e. The molecule has 5 heteroatoms. The van der Waals surface area contributed by atoms with Crippen LogP contribution in [0, 0.1) is 5.92 Å². The normalized spacial score (nSPS) is 16.4. The van der Waals surface area contributed by atoms with E-state index in [0.717, 1.165) is 37.6 Å². The van der Waals surface area contributed by atoms with Gasteiger partial charge in [0.05, 0.1) is 5.75 Å². The van der Waals surface area contributed by atoms with E-state index in [-0.39, 0.29) is 12.4 Å². The van der Waals surface area contributed by atoms with E-state index in [4.69, 9.17) is 0 Å². The van der Waals surface area contributed by atoms with Crippen LogP contribution < -0.4 is 5.32 Å². The number of piperidine rings is 1. The van der Waals surface area contributed by atoms with Gasteiger partial charge in [-0.1, -0.05) is 13.8 Å². The fourth-order valence-electron chi connectivity index (χ4n) is 1.98. The van der Waals surface area contributed by atoms with Gasteiger partial charge in [-0.25, -0.2) is 0 Å². The lowest BCUT2D eigenvalue weighted by Gasteiger charge is -2.31. The molecule has 1 N–H and O–H groups in total. The van der Waals surface area contributed by atoms with Crippen LogP contribution in [0.1, 0.15) is 33.1 Å². The number of hydrogen-bond acceptors (Lipinski definition) is 3. The molecule has 1 aliphatic heterocycles. The summed E-state index contributed by atoms with van der Waals surface area (Å²) < 4.78 is 0. The lowest BCUT2D eigenvalue weighted by molar-refractivity contribution is -0.129. The van der Waals surface area contributed by atoms with Crippen LogP contribution in [-0.2, 0) is 4.79 Å². The average molecular weight is 295 g/mol. The SMILES string of the molecule is CC(C)CCSCC(=O)N(C)C1CCNCC1.Cl. The maximum Gasteiger partial charge on any atom is 0.232 e. The molecule has 1 amide bonds. The Kier molecular flexibility index (Phi) is 9.97.